The van der Waals surface area contributed by atoms with Gasteiger partial charge in [0.15, 0.2) is 15.7 Å². The fourth-order valence-corrected chi connectivity index (χ4v) is 5.61. The molecule has 0 unspecified atom stereocenters. The summed E-state index contributed by atoms with van der Waals surface area (Å²) in [7, 11) is -3.03. The van der Waals surface area contributed by atoms with Crippen LogP contribution in [0.3, 0.4) is 0 Å². The number of amides is 1. The number of carbonyl (C=O) groups excluding carboxylic acids is 1. The SMILES string of the molecule is CCN(C(=O)[C@H](C)Sc1n[nH]c(-c2ccccc2)n1)[C@H]1CCS(=O)(=O)C1. The van der Waals surface area contributed by atoms with Crippen LogP contribution in [0.4, 0.5) is 0 Å². The Hall–Kier alpha value is -1.87. The summed E-state index contributed by atoms with van der Waals surface area (Å²) in [6.07, 6.45) is 0.512. The Bertz CT molecular complexity index is 867. The average Bonchev–Trinajstić information content (AvgIpc) is 3.22. The third kappa shape index (κ3) is 4.27. The van der Waals surface area contributed by atoms with Crippen LogP contribution in [0.2, 0.25) is 0 Å². The second-order valence-electron chi connectivity index (χ2n) is 6.27. The monoisotopic (exact) mass is 394 g/mol. The number of hydrogen-bond donors (Lipinski definition) is 1. The number of H-pyrrole nitrogens is 1. The molecule has 26 heavy (non-hydrogen) atoms. The molecule has 0 saturated carbocycles. The highest BCUT2D eigenvalue weighted by Gasteiger charge is 2.35. The van der Waals surface area contributed by atoms with E-state index in [-0.39, 0.29) is 23.5 Å². The van der Waals surface area contributed by atoms with Gasteiger partial charge in [-0.2, -0.15) is 0 Å². The van der Waals surface area contributed by atoms with Crippen LogP contribution in [0.25, 0.3) is 11.4 Å². The van der Waals surface area contributed by atoms with Crippen LogP contribution in [0.1, 0.15) is 20.3 Å². The summed E-state index contributed by atoms with van der Waals surface area (Å²) >= 11 is 1.28. The molecule has 0 aliphatic carbocycles. The van der Waals surface area contributed by atoms with E-state index in [4.69, 9.17) is 0 Å². The van der Waals surface area contributed by atoms with E-state index >= 15 is 0 Å². The Balaban J connectivity index is 1.66. The van der Waals surface area contributed by atoms with Crippen molar-refractivity contribution in [2.24, 2.45) is 0 Å². The number of aromatic amines is 1. The lowest BCUT2D eigenvalue weighted by Crippen LogP contribution is -2.44. The van der Waals surface area contributed by atoms with Crippen molar-refractivity contribution in [2.45, 2.75) is 36.7 Å². The minimum Gasteiger partial charge on any atom is -0.338 e. The quantitative estimate of drug-likeness (QED) is 0.753. The molecule has 1 aromatic carbocycles. The Morgan fingerprint density at radius 2 is 2.12 bits per heavy atom. The lowest BCUT2D eigenvalue weighted by molar-refractivity contribution is -0.131. The molecule has 1 fully saturated rings. The normalized spacial score (nSPS) is 20.0. The number of hydrogen-bond acceptors (Lipinski definition) is 6. The molecule has 0 spiro atoms. The van der Waals surface area contributed by atoms with Crippen molar-refractivity contribution in [3.05, 3.63) is 30.3 Å². The topological polar surface area (TPSA) is 96.0 Å². The molecule has 0 bridgehead atoms. The zero-order valence-electron chi connectivity index (χ0n) is 14.8. The number of thioether (sulfide) groups is 1. The molecular weight excluding hydrogens is 372 g/mol. The summed E-state index contributed by atoms with van der Waals surface area (Å²) in [4.78, 5) is 18.9. The highest BCUT2D eigenvalue weighted by Crippen LogP contribution is 2.26. The van der Waals surface area contributed by atoms with E-state index in [0.717, 1.165) is 5.56 Å². The van der Waals surface area contributed by atoms with Gasteiger partial charge >= 0.3 is 0 Å². The zero-order chi connectivity index (χ0) is 18.7. The van der Waals surface area contributed by atoms with E-state index in [1.807, 2.05) is 37.3 Å². The van der Waals surface area contributed by atoms with Gasteiger partial charge in [0.2, 0.25) is 11.1 Å². The lowest BCUT2D eigenvalue weighted by atomic mass is 10.2. The smallest absolute Gasteiger partial charge is 0.236 e. The number of sulfone groups is 1. The van der Waals surface area contributed by atoms with Gasteiger partial charge in [0.05, 0.1) is 16.8 Å². The second-order valence-corrected chi connectivity index (χ2v) is 9.81. The molecule has 7 nitrogen and oxygen atoms in total. The third-order valence-corrected chi connectivity index (χ3v) is 7.11. The first-order valence-electron chi connectivity index (χ1n) is 8.55. The molecule has 9 heteroatoms. The molecule has 1 amide bonds. The van der Waals surface area contributed by atoms with Crippen molar-refractivity contribution < 1.29 is 13.2 Å². The van der Waals surface area contributed by atoms with Gasteiger partial charge in [-0.3, -0.25) is 9.89 Å². The first-order valence-corrected chi connectivity index (χ1v) is 11.2. The number of rotatable bonds is 6. The van der Waals surface area contributed by atoms with Crippen LogP contribution >= 0.6 is 11.8 Å². The van der Waals surface area contributed by atoms with Gasteiger partial charge in [0, 0.05) is 18.2 Å². The predicted molar refractivity (Wildman–Crippen MR) is 102 cm³/mol. The molecular formula is C17H22N4O3S2. The van der Waals surface area contributed by atoms with Gasteiger partial charge in [-0.05, 0) is 20.3 Å². The highest BCUT2D eigenvalue weighted by atomic mass is 32.2. The van der Waals surface area contributed by atoms with Crippen LogP contribution in [0.5, 0.6) is 0 Å². The van der Waals surface area contributed by atoms with Gasteiger partial charge in [-0.25, -0.2) is 13.4 Å². The van der Waals surface area contributed by atoms with Crippen LogP contribution < -0.4 is 0 Å². The number of benzene rings is 1. The first kappa shape index (κ1) is 18.9. The van der Waals surface area contributed by atoms with Crippen LogP contribution in [0.15, 0.2) is 35.5 Å². The van der Waals surface area contributed by atoms with Crippen molar-refractivity contribution in [3.8, 4) is 11.4 Å². The summed E-state index contributed by atoms with van der Waals surface area (Å²) < 4.78 is 23.4. The molecule has 2 heterocycles. The van der Waals surface area contributed by atoms with Crippen molar-refractivity contribution in [2.75, 3.05) is 18.1 Å². The molecule has 1 aliphatic rings. The number of carbonyl (C=O) groups is 1. The molecule has 140 valence electrons. The van der Waals surface area contributed by atoms with E-state index < -0.39 is 15.1 Å². The summed E-state index contributed by atoms with van der Waals surface area (Å²) in [5.41, 5.74) is 0.928. The molecule has 3 rings (SSSR count). The second kappa shape index (κ2) is 7.79. The van der Waals surface area contributed by atoms with E-state index in [1.54, 1.807) is 11.8 Å². The van der Waals surface area contributed by atoms with E-state index in [1.165, 1.54) is 11.8 Å². The first-order chi connectivity index (χ1) is 12.4. The van der Waals surface area contributed by atoms with Crippen molar-refractivity contribution in [1.29, 1.82) is 0 Å². The van der Waals surface area contributed by atoms with Gasteiger partial charge < -0.3 is 4.90 Å². The van der Waals surface area contributed by atoms with Crippen molar-refractivity contribution in [1.82, 2.24) is 20.1 Å². The van der Waals surface area contributed by atoms with Crippen LogP contribution in [-0.4, -0.2) is 63.7 Å². The Labute approximate surface area is 157 Å². The Morgan fingerprint density at radius 3 is 2.73 bits per heavy atom. The fourth-order valence-electron chi connectivity index (χ4n) is 3.08. The third-order valence-electron chi connectivity index (χ3n) is 4.42. The maximum Gasteiger partial charge on any atom is 0.236 e. The van der Waals surface area contributed by atoms with E-state index in [0.29, 0.717) is 23.9 Å². The Morgan fingerprint density at radius 1 is 1.38 bits per heavy atom. The molecule has 1 aliphatic heterocycles. The van der Waals surface area contributed by atoms with Crippen molar-refractivity contribution >= 4 is 27.5 Å². The number of nitrogens with one attached hydrogen (secondary N) is 1. The number of aromatic nitrogens is 3. The summed E-state index contributed by atoms with van der Waals surface area (Å²) in [6, 6.07) is 9.41. The van der Waals surface area contributed by atoms with E-state index in [2.05, 4.69) is 15.2 Å². The van der Waals surface area contributed by atoms with Gasteiger partial charge in [-0.1, -0.05) is 42.1 Å². The van der Waals surface area contributed by atoms with Crippen LogP contribution in [0, 0.1) is 0 Å². The highest BCUT2D eigenvalue weighted by molar-refractivity contribution is 8.00. The summed E-state index contributed by atoms with van der Waals surface area (Å²) in [5, 5.41) is 7.18. The molecule has 1 saturated heterocycles. The summed E-state index contributed by atoms with van der Waals surface area (Å²) in [6.45, 7) is 4.17. The zero-order valence-corrected chi connectivity index (χ0v) is 16.4. The largest absolute Gasteiger partial charge is 0.338 e. The van der Waals surface area contributed by atoms with Crippen molar-refractivity contribution in [3.63, 3.8) is 0 Å². The van der Waals surface area contributed by atoms with Crippen LogP contribution in [-0.2, 0) is 14.6 Å². The van der Waals surface area contributed by atoms with Gasteiger partial charge in [0.1, 0.15) is 0 Å². The fraction of sp³-hybridized carbons (Fsp3) is 0.471. The predicted octanol–water partition coefficient (Wildman–Crippen LogP) is 1.99. The molecule has 1 aromatic heterocycles. The molecule has 2 aromatic rings. The molecule has 2 atom stereocenters. The maximum absolute atomic E-state index is 12.8. The molecule has 1 N–H and O–H groups in total. The minimum atomic E-state index is -3.03. The van der Waals surface area contributed by atoms with E-state index in [9.17, 15) is 13.2 Å². The number of nitrogens with zero attached hydrogens (tertiary/aromatic N) is 3. The lowest BCUT2D eigenvalue weighted by Gasteiger charge is -2.29. The minimum absolute atomic E-state index is 0.0583. The average molecular weight is 395 g/mol. The van der Waals surface area contributed by atoms with Gasteiger partial charge in [0.25, 0.3) is 0 Å². The standard InChI is InChI=1S/C17H22N4O3S2/c1-3-21(14-9-10-26(23,24)11-14)16(22)12(2)25-17-18-15(19-20-17)13-7-5-4-6-8-13/h4-8,12,14H,3,9-11H2,1-2H3,(H,18,19,20)/t12-,14-/m0/s1. The maximum atomic E-state index is 12.8. The molecule has 0 radical (unpaired) electrons. The van der Waals surface area contributed by atoms with Gasteiger partial charge in [-0.15, -0.1) is 5.10 Å². The Kier molecular flexibility index (Phi) is 5.67. The summed E-state index contributed by atoms with van der Waals surface area (Å²) in [5.74, 6) is 0.792.